The van der Waals surface area contributed by atoms with Crippen LogP contribution in [0.3, 0.4) is 0 Å². The van der Waals surface area contributed by atoms with Crippen LogP contribution >= 0.6 is 0 Å². The van der Waals surface area contributed by atoms with Crippen molar-refractivity contribution in [1.29, 1.82) is 0 Å². The fourth-order valence-corrected chi connectivity index (χ4v) is 3.54. The first kappa shape index (κ1) is 18.8. The molecule has 0 aliphatic carbocycles. The largest absolute Gasteiger partial charge is 1.00 e. The number of nitrogens with one attached hydrogen (secondary N) is 1. The Bertz CT molecular complexity index is 597. The van der Waals surface area contributed by atoms with Gasteiger partial charge in [0.15, 0.2) is 0 Å². The van der Waals surface area contributed by atoms with Crippen LogP contribution in [0.2, 0.25) is 0 Å². The van der Waals surface area contributed by atoms with E-state index in [0.717, 1.165) is 17.9 Å². The van der Waals surface area contributed by atoms with E-state index in [0.29, 0.717) is 0 Å². The molecule has 2 aromatic carbocycles. The highest BCUT2D eigenvalue weighted by Gasteiger charge is 2.28. The van der Waals surface area contributed by atoms with Gasteiger partial charge in [-0.15, -0.1) is 0 Å². The Labute approximate surface area is 150 Å². The summed E-state index contributed by atoms with van der Waals surface area (Å²) in [4.78, 5) is 1.60. The van der Waals surface area contributed by atoms with Gasteiger partial charge >= 0.3 is 0 Å². The third-order valence-corrected chi connectivity index (χ3v) is 4.89. The Morgan fingerprint density at radius 2 is 1.58 bits per heavy atom. The molecule has 0 amide bonds. The summed E-state index contributed by atoms with van der Waals surface area (Å²) in [5, 5.41) is 11.0. The van der Waals surface area contributed by atoms with Crippen LogP contribution in [-0.2, 0) is 0 Å². The molecule has 0 bridgehead atoms. The van der Waals surface area contributed by atoms with E-state index < -0.39 is 6.10 Å². The Hall–Kier alpha value is -1.55. The predicted octanol–water partition coefficient (Wildman–Crippen LogP) is -0.805. The number of aliphatic hydroxyl groups excluding tert-OH is 1. The van der Waals surface area contributed by atoms with Crippen molar-refractivity contribution in [3.63, 3.8) is 0 Å². The van der Waals surface area contributed by atoms with Crippen molar-refractivity contribution < 1.29 is 27.2 Å². The van der Waals surface area contributed by atoms with E-state index in [1.54, 1.807) is 12.0 Å². The number of aliphatic hydroxyl groups is 1. The molecule has 2 unspecified atom stereocenters. The molecule has 1 aliphatic rings. The number of ether oxygens (including phenoxy) is 1. The zero-order chi connectivity index (χ0) is 16.1. The first-order valence-corrected chi connectivity index (χ1v) is 8.48. The van der Waals surface area contributed by atoms with Crippen LogP contribution in [0, 0.1) is 0 Å². The molecule has 0 saturated carbocycles. The van der Waals surface area contributed by atoms with E-state index in [-0.39, 0.29) is 18.3 Å². The smallest absolute Gasteiger partial charge is 0.118 e. The summed E-state index contributed by atoms with van der Waals surface area (Å²) in [6.07, 6.45) is 2.11. The molecular formula is C20H26ClNO2. The molecule has 4 heteroatoms. The van der Waals surface area contributed by atoms with Crippen LogP contribution in [0.4, 0.5) is 0 Å². The lowest BCUT2D eigenvalue weighted by molar-refractivity contribution is -0.889. The highest BCUT2D eigenvalue weighted by molar-refractivity contribution is 5.31. The van der Waals surface area contributed by atoms with E-state index in [1.807, 2.05) is 30.3 Å². The molecule has 1 aliphatic heterocycles. The van der Waals surface area contributed by atoms with Gasteiger partial charge in [-0.1, -0.05) is 42.5 Å². The fraction of sp³-hybridized carbons (Fsp3) is 0.400. The van der Waals surface area contributed by atoms with Crippen molar-refractivity contribution >= 4 is 0 Å². The van der Waals surface area contributed by atoms with Gasteiger partial charge in [-0.25, -0.2) is 0 Å². The quantitative estimate of drug-likeness (QED) is 0.717. The van der Waals surface area contributed by atoms with Gasteiger partial charge in [-0.2, -0.15) is 0 Å². The van der Waals surface area contributed by atoms with E-state index in [2.05, 4.69) is 24.3 Å². The summed E-state index contributed by atoms with van der Waals surface area (Å²) in [5.41, 5.74) is 2.17. The van der Waals surface area contributed by atoms with Gasteiger partial charge in [-0.3, -0.25) is 0 Å². The minimum absolute atomic E-state index is 0. The zero-order valence-electron chi connectivity index (χ0n) is 14.1. The summed E-state index contributed by atoms with van der Waals surface area (Å²) >= 11 is 0. The molecule has 2 aromatic rings. The average molecular weight is 348 g/mol. The highest BCUT2D eigenvalue weighted by atomic mass is 35.5. The molecule has 1 fully saturated rings. The average Bonchev–Trinajstić information content (AvgIpc) is 3.13. The standard InChI is InChI=1S/C20H25NO2.ClH/c1-23-18-11-9-17(10-12-18)20(22)19(15-21-13-5-6-14-21)16-7-3-2-4-8-16;/h2-4,7-12,19-20,22H,5-6,13-15H2,1H3;1H. The molecule has 2 N–H and O–H groups in total. The van der Waals surface area contributed by atoms with Crippen LogP contribution in [0.1, 0.15) is 36.0 Å². The minimum Gasteiger partial charge on any atom is -1.00 e. The Balaban J connectivity index is 0.00000208. The third kappa shape index (κ3) is 4.50. The molecule has 1 saturated heterocycles. The molecule has 0 aromatic heterocycles. The number of hydrogen-bond donors (Lipinski definition) is 2. The monoisotopic (exact) mass is 347 g/mol. The molecular weight excluding hydrogens is 322 g/mol. The molecule has 3 rings (SSSR count). The number of quaternary nitrogens is 1. The second-order valence-corrected chi connectivity index (χ2v) is 6.40. The highest BCUT2D eigenvalue weighted by Crippen LogP contribution is 2.31. The summed E-state index contributed by atoms with van der Waals surface area (Å²) in [6.45, 7) is 3.43. The minimum atomic E-state index is -0.489. The molecule has 3 nitrogen and oxygen atoms in total. The van der Waals surface area contributed by atoms with Crippen LogP contribution < -0.4 is 22.0 Å². The van der Waals surface area contributed by atoms with E-state index in [4.69, 9.17) is 4.74 Å². The first-order chi connectivity index (χ1) is 11.3. The van der Waals surface area contributed by atoms with Gasteiger partial charge in [0.25, 0.3) is 0 Å². The Morgan fingerprint density at radius 3 is 2.17 bits per heavy atom. The summed E-state index contributed by atoms with van der Waals surface area (Å²) in [6, 6.07) is 18.2. The molecule has 24 heavy (non-hydrogen) atoms. The lowest BCUT2D eigenvalue weighted by Gasteiger charge is -2.26. The van der Waals surface area contributed by atoms with Gasteiger partial charge < -0.3 is 27.2 Å². The fourth-order valence-electron chi connectivity index (χ4n) is 3.54. The second kappa shape index (κ2) is 9.07. The number of hydrogen-bond acceptors (Lipinski definition) is 2. The maximum atomic E-state index is 11.0. The van der Waals surface area contributed by atoms with Crippen molar-refractivity contribution in [2.45, 2.75) is 24.9 Å². The maximum Gasteiger partial charge on any atom is 0.118 e. The third-order valence-electron chi connectivity index (χ3n) is 4.89. The Kier molecular flexibility index (Phi) is 7.10. The molecule has 2 atom stereocenters. The molecule has 130 valence electrons. The first-order valence-electron chi connectivity index (χ1n) is 8.48. The van der Waals surface area contributed by atoms with Crippen LogP contribution in [0.5, 0.6) is 5.75 Å². The topological polar surface area (TPSA) is 33.9 Å². The van der Waals surface area contributed by atoms with Gasteiger partial charge in [0.1, 0.15) is 5.75 Å². The number of methoxy groups -OCH3 is 1. The number of halogens is 1. The van der Waals surface area contributed by atoms with Crippen molar-refractivity contribution in [2.24, 2.45) is 0 Å². The van der Waals surface area contributed by atoms with Crippen LogP contribution in [0.15, 0.2) is 54.6 Å². The van der Waals surface area contributed by atoms with Crippen molar-refractivity contribution in [3.05, 3.63) is 65.7 Å². The maximum absolute atomic E-state index is 11.0. The predicted molar refractivity (Wildman–Crippen MR) is 91.9 cm³/mol. The van der Waals surface area contributed by atoms with Crippen molar-refractivity contribution in [2.75, 3.05) is 26.7 Å². The normalized spacial score (nSPS) is 17.1. The van der Waals surface area contributed by atoms with Crippen molar-refractivity contribution in [1.82, 2.24) is 0 Å². The lowest BCUT2D eigenvalue weighted by Crippen LogP contribution is -3.10. The van der Waals surface area contributed by atoms with Crippen molar-refractivity contribution in [3.8, 4) is 5.75 Å². The van der Waals surface area contributed by atoms with E-state index in [9.17, 15) is 5.11 Å². The summed E-state index contributed by atoms with van der Waals surface area (Å²) in [7, 11) is 1.66. The van der Waals surface area contributed by atoms with Gasteiger partial charge in [-0.05, 0) is 23.3 Å². The molecule has 0 spiro atoms. The van der Waals surface area contributed by atoms with Crippen LogP contribution in [0.25, 0.3) is 0 Å². The van der Waals surface area contributed by atoms with Gasteiger partial charge in [0.2, 0.25) is 0 Å². The number of rotatable bonds is 6. The Morgan fingerprint density at radius 1 is 0.958 bits per heavy atom. The number of benzene rings is 2. The zero-order valence-corrected chi connectivity index (χ0v) is 14.9. The SMILES string of the molecule is COc1ccc(C(O)C(C[NH+]2CCCC2)c2ccccc2)cc1.[Cl-]. The summed E-state index contributed by atoms with van der Waals surface area (Å²) < 4.78 is 5.22. The number of likely N-dealkylation sites (tertiary alicyclic amines) is 1. The van der Waals surface area contributed by atoms with Crippen LogP contribution in [-0.4, -0.2) is 31.9 Å². The second-order valence-electron chi connectivity index (χ2n) is 6.40. The molecule has 0 radical (unpaired) electrons. The molecule has 1 heterocycles. The van der Waals surface area contributed by atoms with E-state index >= 15 is 0 Å². The van der Waals surface area contributed by atoms with Gasteiger partial charge in [0.05, 0.1) is 38.8 Å². The summed E-state index contributed by atoms with van der Waals surface area (Å²) in [5.74, 6) is 0.945. The van der Waals surface area contributed by atoms with E-state index in [1.165, 1.54) is 31.5 Å². The lowest BCUT2D eigenvalue weighted by atomic mass is 9.88. The van der Waals surface area contributed by atoms with Gasteiger partial charge in [0, 0.05) is 12.8 Å².